The quantitative estimate of drug-likeness (QED) is 0.571. The third kappa shape index (κ3) is 6.58. The fourth-order valence-corrected chi connectivity index (χ4v) is 3.55. The third-order valence-electron chi connectivity index (χ3n) is 4.82. The molecule has 2 rings (SSSR count). The Kier molecular flexibility index (Phi) is 7.37. The predicted molar refractivity (Wildman–Crippen MR) is 88.2 cm³/mol. The first-order valence-electron chi connectivity index (χ1n) is 9.23. The van der Waals surface area contributed by atoms with Gasteiger partial charge in [0.2, 0.25) is 0 Å². The summed E-state index contributed by atoms with van der Waals surface area (Å²) in [6.45, 7) is 8.65. The Balaban J connectivity index is 1.51. The smallest absolute Gasteiger partial charge is 0.00953 e. The molecule has 0 bridgehead atoms. The molecule has 0 aromatic carbocycles. The molecule has 0 aromatic rings. The largest absolute Gasteiger partial charge is 0.314 e. The van der Waals surface area contributed by atoms with Gasteiger partial charge in [0.1, 0.15) is 0 Å². The van der Waals surface area contributed by atoms with Crippen LogP contribution in [0.1, 0.15) is 78.1 Å². The van der Waals surface area contributed by atoms with Crippen molar-refractivity contribution >= 4 is 0 Å². The van der Waals surface area contributed by atoms with Gasteiger partial charge < -0.3 is 10.2 Å². The van der Waals surface area contributed by atoms with Crippen LogP contribution in [0.3, 0.4) is 0 Å². The van der Waals surface area contributed by atoms with Crippen LogP contribution in [0.4, 0.5) is 0 Å². The summed E-state index contributed by atoms with van der Waals surface area (Å²) in [5, 5.41) is 3.62. The Bertz CT molecular complexity index is 242. The summed E-state index contributed by atoms with van der Waals surface area (Å²) in [6.07, 6.45) is 14.3. The molecule has 2 saturated carbocycles. The highest BCUT2D eigenvalue weighted by molar-refractivity contribution is 4.80. The van der Waals surface area contributed by atoms with E-state index in [9.17, 15) is 0 Å². The fraction of sp³-hybridized carbons (Fsp3) is 1.00. The van der Waals surface area contributed by atoms with Crippen LogP contribution < -0.4 is 5.32 Å². The van der Waals surface area contributed by atoms with E-state index >= 15 is 0 Å². The standard InChI is InChI=1S/C18H36N2/c1-16(2)15-20(18-9-5-6-10-18)14-8-4-3-7-13-19-17-11-12-17/h16-19H,3-15H2,1-2H3. The SMILES string of the molecule is CC(C)CN(CCCCCCNC1CC1)C1CCCC1. The van der Waals surface area contributed by atoms with Crippen LogP contribution in [0.2, 0.25) is 0 Å². The molecule has 0 spiro atoms. The lowest BCUT2D eigenvalue weighted by Gasteiger charge is -2.30. The average Bonchev–Trinajstić information content (AvgIpc) is 3.07. The van der Waals surface area contributed by atoms with Gasteiger partial charge in [-0.2, -0.15) is 0 Å². The Labute approximate surface area is 126 Å². The molecule has 2 nitrogen and oxygen atoms in total. The fourth-order valence-electron chi connectivity index (χ4n) is 3.55. The topological polar surface area (TPSA) is 15.3 Å². The van der Waals surface area contributed by atoms with E-state index in [2.05, 4.69) is 24.1 Å². The highest BCUT2D eigenvalue weighted by Crippen LogP contribution is 2.24. The minimum atomic E-state index is 0.818. The molecule has 0 heterocycles. The summed E-state index contributed by atoms with van der Waals surface area (Å²) < 4.78 is 0. The first-order valence-corrected chi connectivity index (χ1v) is 9.23. The molecule has 0 saturated heterocycles. The van der Waals surface area contributed by atoms with Crippen molar-refractivity contribution in [3.05, 3.63) is 0 Å². The van der Waals surface area contributed by atoms with Crippen molar-refractivity contribution in [1.29, 1.82) is 0 Å². The van der Waals surface area contributed by atoms with Crippen molar-refractivity contribution in [3.63, 3.8) is 0 Å². The van der Waals surface area contributed by atoms with Gasteiger partial charge in [-0.25, -0.2) is 0 Å². The molecule has 1 N–H and O–H groups in total. The maximum Gasteiger partial charge on any atom is 0.00953 e. The molecular formula is C18H36N2. The van der Waals surface area contributed by atoms with Crippen LogP contribution in [0.5, 0.6) is 0 Å². The second-order valence-corrected chi connectivity index (χ2v) is 7.47. The molecule has 0 aliphatic heterocycles. The molecule has 0 unspecified atom stereocenters. The van der Waals surface area contributed by atoms with Gasteiger partial charge in [-0.05, 0) is 57.5 Å². The van der Waals surface area contributed by atoms with E-state index in [0.29, 0.717) is 0 Å². The molecule has 0 aromatic heterocycles. The predicted octanol–water partition coefficient (Wildman–Crippen LogP) is 4.20. The van der Waals surface area contributed by atoms with E-state index in [0.717, 1.165) is 18.0 Å². The maximum absolute atomic E-state index is 3.62. The van der Waals surface area contributed by atoms with Crippen LogP contribution >= 0.6 is 0 Å². The van der Waals surface area contributed by atoms with Crippen molar-refractivity contribution in [2.75, 3.05) is 19.6 Å². The zero-order valence-corrected chi connectivity index (χ0v) is 13.9. The molecule has 2 aliphatic rings. The molecule has 20 heavy (non-hydrogen) atoms. The Morgan fingerprint density at radius 1 is 0.950 bits per heavy atom. The molecule has 0 atom stereocenters. The lowest BCUT2D eigenvalue weighted by atomic mass is 10.1. The van der Waals surface area contributed by atoms with Crippen molar-refractivity contribution in [1.82, 2.24) is 10.2 Å². The molecular weight excluding hydrogens is 244 g/mol. The molecule has 0 radical (unpaired) electrons. The lowest BCUT2D eigenvalue weighted by Crippen LogP contribution is -2.37. The minimum absolute atomic E-state index is 0.818. The van der Waals surface area contributed by atoms with E-state index in [1.807, 2.05) is 0 Å². The average molecular weight is 280 g/mol. The summed E-state index contributed by atoms with van der Waals surface area (Å²) in [6, 6.07) is 1.80. The first-order chi connectivity index (χ1) is 9.75. The number of unbranched alkanes of at least 4 members (excludes halogenated alkanes) is 3. The van der Waals surface area contributed by atoms with E-state index in [1.54, 1.807) is 0 Å². The normalized spacial score (nSPS) is 20.4. The number of nitrogens with zero attached hydrogens (tertiary/aromatic N) is 1. The van der Waals surface area contributed by atoms with Gasteiger partial charge in [0.25, 0.3) is 0 Å². The van der Waals surface area contributed by atoms with Gasteiger partial charge in [-0.3, -0.25) is 0 Å². The van der Waals surface area contributed by atoms with Gasteiger partial charge in [-0.15, -0.1) is 0 Å². The first kappa shape index (κ1) is 16.3. The summed E-state index contributed by atoms with van der Waals surface area (Å²) in [5.74, 6) is 0.818. The molecule has 2 fully saturated rings. The zero-order chi connectivity index (χ0) is 14.2. The Morgan fingerprint density at radius 3 is 2.30 bits per heavy atom. The van der Waals surface area contributed by atoms with E-state index in [1.165, 1.54) is 83.8 Å². The van der Waals surface area contributed by atoms with Crippen LogP contribution in [0.25, 0.3) is 0 Å². The van der Waals surface area contributed by atoms with Crippen LogP contribution in [0.15, 0.2) is 0 Å². The second-order valence-electron chi connectivity index (χ2n) is 7.47. The van der Waals surface area contributed by atoms with E-state index in [-0.39, 0.29) is 0 Å². The van der Waals surface area contributed by atoms with Gasteiger partial charge >= 0.3 is 0 Å². The molecule has 2 aliphatic carbocycles. The van der Waals surface area contributed by atoms with E-state index in [4.69, 9.17) is 0 Å². The van der Waals surface area contributed by atoms with E-state index < -0.39 is 0 Å². The highest BCUT2D eigenvalue weighted by Gasteiger charge is 2.22. The maximum atomic E-state index is 3.62. The van der Waals surface area contributed by atoms with Crippen LogP contribution in [-0.2, 0) is 0 Å². The lowest BCUT2D eigenvalue weighted by molar-refractivity contribution is 0.173. The van der Waals surface area contributed by atoms with Crippen molar-refractivity contribution in [2.45, 2.75) is 90.1 Å². The summed E-state index contributed by atoms with van der Waals surface area (Å²) in [4.78, 5) is 2.81. The number of rotatable bonds is 11. The second kappa shape index (κ2) is 9.04. The number of hydrogen-bond acceptors (Lipinski definition) is 2. The number of hydrogen-bond donors (Lipinski definition) is 1. The monoisotopic (exact) mass is 280 g/mol. The summed E-state index contributed by atoms with van der Waals surface area (Å²) in [5.41, 5.74) is 0. The molecule has 118 valence electrons. The van der Waals surface area contributed by atoms with Crippen LogP contribution in [-0.4, -0.2) is 36.6 Å². The highest BCUT2D eigenvalue weighted by atomic mass is 15.2. The Hall–Kier alpha value is -0.0800. The summed E-state index contributed by atoms with van der Waals surface area (Å²) in [7, 11) is 0. The molecule has 0 amide bonds. The third-order valence-corrected chi connectivity index (χ3v) is 4.82. The molecule has 2 heteroatoms. The van der Waals surface area contributed by atoms with Gasteiger partial charge in [0, 0.05) is 18.6 Å². The minimum Gasteiger partial charge on any atom is -0.314 e. The van der Waals surface area contributed by atoms with Crippen molar-refractivity contribution in [3.8, 4) is 0 Å². The van der Waals surface area contributed by atoms with Gasteiger partial charge in [0.05, 0.1) is 0 Å². The Morgan fingerprint density at radius 2 is 1.65 bits per heavy atom. The zero-order valence-electron chi connectivity index (χ0n) is 13.9. The van der Waals surface area contributed by atoms with Crippen LogP contribution in [0, 0.1) is 5.92 Å². The van der Waals surface area contributed by atoms with Crippen molar-refractivity contribution < 1.29 is 0 Å². The van der Waals surface area contributed by atoms with Gasteiger partial charge in [-0.1, -0.05) is 39.5 Å². The van der Waals surface area contributed by atoms with Crippen molar-refractivity contribution in [2.24, 2.45) is 5.92 Å². The van der Waals surface area contributed by atoms with Gasteiger partial charge in [0.15, 0.2) is 0 Å². The summed E-state index contributed by atoms with van der Waals surface area (Å²) >= 11 is 0. The number of nitrogens with one attached hydrogen (secondary N) is 1.